The van der Waals surface area contributed by atoms with Crippen LogP contribution in [0.2, 0.25) is 0 Å². The van der Waals surface area contributed by atoms with Crippen LogP contribution in [0.3, 0.4) is 0 Å². The molecule has 6 nitrogen and oxygen atoms in total. The molecular formula is C16H22N2O4S. The minimum Gasteiger partial charge on any atom is -0.443 e. The molecule has 0 radical (unpaired) electrons. The van der Waals surface area contributed by atoms with Gasteiger partial charge in [-0.1, -0.05) is 18.2 Å². The number of sulfonamides is 1. The molecule has 1 saturated heterocycles. The summed E-state index contributed by atoms with van der Waals surface area (Å²) in [6.07, 6.45) is 0. The Balaban J connectivity index is 1.74. The van der Waals surface area contributed by atoms with Crippen molar-refractivity contribution < 1.29 is 17.6 Å². The average Bonchev–Trinajstić information content (AvgIpc) is 3.00. The number of ether oxygens (including phenoxy) is 1. The molecule has 0 N–H and O–H groups in total. The van der Waals surface area contributed by atoms with Crippen LogP contribution in [-0.2, 0) is 14.8 Å². The van der Waals surface area contributed by atoms with Crippen molar-refractivity contribution in [2.24, 2.45) is 0 Å². The highest BCUT2D eigenvalue weighted by molar-refractivity contribution is 7.89. The average molecular weight is 338 g/mol. The Morgan fingerprint density at radius 2 is 1.91 bits per heavy atom. The summed E-state index contributed by atoms with van der Waals surface area (Å²) >= 11 is 0. The van der Waals surface area contributed by atoms with Gasteiger partial charge in [-0.15, -0.1) is 0 Å². The standard InChI is InChI=1S/C16H22N2O4S/c1-13(12-21-2)17-7-9-18(10-8-17)23(19,20)16-11-14-5-3-4-6-15(14)22-16/h3-6,11,13H,7-10,12H2,1-2H3. The maximum absolute atomic E-state index is 12.7. The fourth-order valence-corrected chi connectivity index (χ4v) is 4.31. The quantitative estimate of drug-likeness (QED) is 0.831. The van der Waals surface area contributed by atoms with Crippen molar-refractivity contribution in [3.63, 3.8) is 0 Å². The SMILES string of the molecule is COCC(C)N1CCN(S(=O)(=O)c2cc3ccccc3o2)CC1. The Hall–Kier alpha value is -1.41. The van der Waals surface area contributed by atoms with Crippen molar-refractivity contribution in [1.82, 2.24) is 9.21 Å². The van der Waals surface area contributed by atoms with Gasteiger partial charge in [0, 0.05) is 50.8 Å². The molecule has 0 aliphatic carbocycles. The Bertz CT molecular complexity index is 730. The van der Waals surface area contributed by atoms with E-state index in [1.54, 1.807) is 19.2 Å². The second-order valence-corrected chi connectivity index (χ2v) is 7.72. The molecule has 1 unspecified atom stereocenters. The molecule has 0 saturated carbocycles. The number of rotatable bonds is 5. The number of piperazine rings is 1. The highest BCUT2D eigenvalue weighted by Crippen LogP contribution is 2.25. The van der Waals surface area contributed by atoms with Gasteiger partial charge in [0.15, 0.2) is 0 Å². The van der Waals surface area contributed by atoms with Crippen LogP contribution in [0, 0.1) is 0 Å². The van der Waals surface area contributed by atoms with E-state index in [-0.39, 0.29) is 11.1 Å². The number of para-hydroxylation sites is 1. The lowest BCUT2D eigenvalue weighted by Gasteiger charge is -2.36. The zero-order chi connectivity index (χ0) is 16.4. The first-order valence-electron chi connectivity index (χ1n) is 7.74. The molecule has 2 heterocycles. The maximum Gasteiger partial charge on any atom is 0.276 e. The third kappa shape index (κ3) is 3.28. The van der Waals surface area contributed by atoms with Gasteiger partial charge in [-0.2, -0.15) is 4.31 Å². The lowest BCUT2D eigenvalue weighted by Crippen LogP contribution is -2.52. The molecule has 126 valence electrons. The predicted octanol–water partition coefficient (Wildman–Crippen LogP) is 1.77. The summed E-state index contributed by atoms with van der Waals surface area (Å²) in [6.45, 7) is 5.07. The van der Waals surface area contributed by atoms with Crippen LogP contribution in [0.5, 0.6) is 0 Å². The van der Waals surface area contributed by atoms with Gasteiger partial charge in [-0.25, -0.2) is 8.42 Å². The first-order valence-corrected chi connectivity index (χ1v) is 9.18. The van der Waals surface area contributed by atoms with Gasteiger partial charge >= 0.3 is 0 Å². The number of benzene rings is 1. The molecule has 2 aromatic rings. The Labute approximate surface area is 136 Å². The normalized spacial score (nSPS) is 19.2. The number of nitrogens with zero attached hydrogens (tertiary/aromatic N) is 2. The third-order valence-corrected chi connectivity index (χ3v) is 6.06. The Kier molecular flexibility index (Phi) is 4.72. The van der Waals surface area contributed by atoms with Gasteiger partial charge in [0.2, 0.25) is 5.09 Å². The molecule has 1 fully saturated rings. The summed E-state index contributed by atoms with van der Waals surface area (Å²) in [5.74, 6) is 0. The van der Waals surface area contributed by atoms with Crippen molar-refractivity contribution in [3.8, 4) is 0 Å². The lowest BCUT2D eigenvalue weighted by molar-refractivity contribution is 0.0764. The van der Waals surface area contributed by atoms with Crippen LogP contribution >= 0.6 is 0 Å². The molecule has 23 heavy (non-hydrogen) atoms. The largest absolute Gasteiger partial charge is 0.443 e. The van der Waals surface area contributed by atoms with Gasteiger partial charge in [0.1, 0.15) is 5.58 Å². The zero-order valence-electron chi connectivity index (χ0n) is 13.4. The molecule has 0 bridgehead atoms. The van der Waals surface area contributed by atoms with Gasteiger partial charge in [0.05, 0.1) is 6.61 Å². The molecule has 1 atom stereocenters. The predicted molar refractivity (Wildman–Crippen MR) is 87.9 cm³/mol. The molecule has 0 amide bonds. The molecule has 1 aromatic carbocycles. The van der Waals surface area contributed by atoms with Crippen LogP contribution in [0.15, 0.2) is 39.8 Å². The molecule has 1 aromatic heterocycles. The number of hydrogen-bond acceptors (Lipinski definition) is 5. The molecule has 1 aliphatic heterocycles. The van der Waals surface area contributed by atoms with Gasteiger partial charge < -0.3 is 9.15 Å². The van der Waals surface area contributed by atoms with E-state index in [9.17, 15) is 8.42 Å². The second kappa shape index (κ2) is 6.60. The van der Waals surface area contributed by atoms with Crippen LogP contribution in [-0.4, -0.2) is 63.6 Å². The van der Waals surface area contributed by atoms with E-state index in [1.807, 2.05) is 18.2 Å². The van der Waals surface area contributed by atoms with Crippen molar-refractivity contribution >= 4 is 21.0 Å². The van der Waals surface area contributed by atoms with Gasteiger partial charge in [-0.3, -0.25) is 4.90 Å². The van der Waals surface area contributed by atoms with E-state index in [0.717, 1.165) is 5.39 Å². The number of furan rings is 1. The summed E-state index contributed by atoms with van der Waals surface area (Å²) in [5.41, 5.74) is 0.596. The van der Waals surface area contributed by atoms with E-state index in [1.165, 1.54) is 4.31 Å². The first-order chi connectivity index (χ1) is 11.0. The number of fused-ring (bicyclic) bond motifs is 1. The van der Waals surface area contributed by atoms with Crippen molar-refractivity contribution in [2.45, 2.75) is 18.1 Å². The highest BCUT2D eigenvalue weighted by atomic mass is 32.2. The van der Waals surface area contributed by atoms with E-state index in [0.29, 0.717) is 38.4 Å². The summed E-state index contributed by atoms with van der Waals surface area (Å²) in [7, 11) is -1.90. The maximum atomic E-state index is 12.7. The van der Waals surface area contributed by atoms with Crippen molar-refractivity contribution in [2.75, 3.05) is 39.9 Å². The second-order valence-electron chi connectivity index (χ2n) is 5.85. The smallest absolute Gasteiger partial charge is 0.276 e. The van der Waals surface area contributed by atoms with Crippen LogP contribution in [0.25, 0.3) is 11.0 Å². The summed E-state index contributed by atoms with van der Waals surface area (Å²) in [4.78, 5) is 2.24. The van der Waals surface area contributed by atoms with Crippen molar-refractivity contribution in [3.05, 3.63) is 30.3 Å². The molecule has 1 aliphatic rings. The topological polar surface area (TPSA) is 63.0 Å². The zero-order valence-corrected chi connectivity index (χ0v) is 14.3. The van der Waals surface area contributed by atoms with E-state index in [4.69, 9.17) is 9.15 Å². The third-order valence-electron chi connectivity index (χ3n) is 4.30. The minimum absolute atomic E-state index is 0.0251. The van der Waals surface area contributed by atoms with Gasteiger partial charge in [-0.05, 0) is 13.0 Å². The minimum atomic E-state index is -3.58. The Morgan fingerprint density at radius 3 is 2.57 bits per heavy atom. The lowest BCUT2D eigenvalue weighted by atomic mass is 10.2. The van der Waals surface area contributed by atoms with Crippen LogP contribution in [0.4, 0.5) is 0 Å². The van der Waals surface area contributed by atoms with E-state index < -0.39 is 10.0 Å². The Morgan fingerprint density at radius 1 is 1.22 bits per heavy atom. The highest BCUT2D eigenvalue weighted by Gasteiger charge is 2.32. The summed E-state index contributed by atoms with van der Waals surface area (Å²) < 4.78 is 37.7. The number of methoxy groups -OCH3 is 1. The monoisotopic (exact) mass is 338 g/mol. The number of hydrogen-bond donors (Lipinski definition) is 0. The van der Waals surface area contributed by atoms with E-state index in [2.05, 4.69) is 11.8 Å². The molecule has 3 rings (SSSR count). The molecule has 0 spiro atoms. The fraction of sp³-hybridized carbons (Fsp3) is 0.500. The summed E-state index contributed by atoms with van der Waals surface area (Å²) in [5, 5.41) is 0.829. The van der Waals surface area contributed by atoms with Crippen LogP contribution < -0.4 is 0 Å². The van der Waals surface area contributed by atoms with Crippen LogP contribution in [0.1, 0.15) is 6.92 Å². The van der Waals surface area contributed by atoms with E-state index >= 15 is 0 Å². The molecular weight excluding hydrogens is 316 g/mol. The molecule has 7 heteroatoms. The van der Waals surface area contributed by atoms with Crippen molar-refractivity contribution in [1.29, 1.82) is 0 Å². The first kappa shape index (κ1) is 16.4. The van der Waals surface area contributed by atoms with Gasteiger partial charge in [0.25, 0.3) is 10.0 Å². The summed E-state index contributed by atoms with van der Waals surface area (Å²) in [6, 6.07) is 9.21. The fourth-order valence-electron chi connectivity index (χ4n) is 2.94.